The van der Waals surface area contributed by atoms with Gasteiger partial charge >= 0.3 is 0 Å². The Balaban J connectivity index is 1.06. The Kier molecular flexibility index (Phi) is 8.22. The zero-order chi connectivity index (χ0) is 40.3. The van der Waals surface area contributed by atoms with E-state index >= 15 is 0 Å². The van der Waals surface area contributed by atoms with Gasteiger partial charge in [-0.05, 0) is 120 Å². The van der Waals surface area contributed by atoms with Crippen LogP contribution in [0.1, 0.15) is 23.8 Å². The molecule has 0 spiro atoms. The summed E-state index contributed by atoms with van der Waals surface area (Å²) in [6, 6.07) is 64.8. The molecule has 8 aromatic carbocycles. The molecule has 0 aliphatic heterocycles. The number of nitrogens with zero attached hydrogens (tertiary/aromatic N) is 3. The molecule has 0 saturated heterocycles. The van der Waals surface area contributed by atoms with Gasteiger partial charge in [0.15, 0.2) is 0 Å². The minimum absolute atomic E-state index is 0.641. The fourth-order valence-corrected chi connectivity index (χ4v) is 9.12. The molecule has 282 valence electrons. The Morgan fingerprint density at radius 2 is 1.05 bits per heavy atom. The fraction of sp³-hybridized carbons (Fsp3) is 0.0179. The Bertz CT molecular complexity index is 3590. The second-order valence-electron chi connectivity index (χ2n) is 15.2. The molecule has 0 amide bonds. The van der Waals surface area contributed by atoms with Gasteiger partial charge in [0.2, 0.25) is 0 Å². The third kappa shape index (κ3) is 5.52. The highest BCUT2D eigenvalue weighted by Crippen LogP contribution is 2.41. The number of allylic oxidation sites excluding steroid dienone is 1. The van der Waals surface area contributed by atoms with Gasteiger partial charge in [-0.3, -0.25) is 0 Å². The number of para-hydroxylation sites is 3. The van der Waals surface area contributed by atoms with Gasteiger partial charge in [0.25, 0.3) is 0 Å². The van der Waals surface area contributed by atoms with Crippen molar-refractivity contribution < 1.29 is 4.42 Å². The first kappa shape index (κ1) is 35.1. The van der Waals surface area contributed by atoms with Crippen molar-refractivity contribution in [2.75, 3.05) is 0 Å². The Morgan fingerprint density at radius 3 is 1.75 bits per heavy atom. The molecule has 0 radical (unpaired) electrons. The maximum Gasteiger partial charge on any atom is 0.143 e. The second kappa shape index (κ2) is 14.1. The summed E-state index contributed by atoms with van der Waals surface area (Å²) in [5, 5.41) is 15.4. The van der Waals surface area contributed by atoms with Crippen molar-refractivity contribution in [2.24, 2.45) is 0 Å². The fourth-order valence-electron chi connectivity index (χ4n) is 9.12. The smallest absolute Gasteiger partial charge is 0.143 e. The summed E-state index contributed by atoms with van der Waals surface area (Å²) < 4.78 is 11.1. The highest BCUT2D eigenvalue weighted by Gasteiger charge is 2.19. The van der Waals surface area contributed by atoms with Crippen molar-refractivity contribution in [1.82, 2.24) is 9.13 Å². The van der Waals surface area contributed by atoms with Gasteiger partial charge in [-0.15, -0.1) is 0 Å². The average Bonchev–Trinajstić information content (AvgIpc) is 3.95. The minimum Gasteiger partial charge on any atom is -0.455 e. The molecular weight excluding hydrogens is 731 g/mol. The van der Waals surface area contributed by atoms with Crippen LogP contribution >= 0.6 is 0 Å². The summed E-state index contributed by atoms with van der Waals surface area (Å²) >= 11 is 0. The number of aromatic nitrogens is 2. The van der Waals surface area contributed by atoms with E-state index in [4.69, 9.17) is 4.42 Å². The molecule has 0 unspecified atom stereocenters. The summed E-state index contributed by atoms with van der Waals surface area (Å²) in [5.74, 6) is 0.817. The average molecular weight is 768 g/mol. The first-order chi connectivity index (χ1) is 29.6. The third-order valence-corrected chi connectivity index (χ3v) is 11.8. The molecule has 0 aliphatic rings. The zero-order valence-electron chi connectivity index (χ0n) is 32.9. The monoisotopic (exact) mass is 767 g/mol. The SMILES string of the molecule is C=Cc1c(/C=C\C)oc2c(-c3ccc4c(c3)c3cc(-c5cccc(-c6ccc7c(c6)c6ccccc6n7-c6cccc(C#N)c6)c5)ccc3n4-c3ccccc3)cccc12. The molecule has 3 heterocycles. The van der Waals surface area contributed by atoms with Gasteiger partial charge < -0.3 is 13.6 Å². The molecule has 0 saturated carbocycles. The van der Waals surface area contributed by atoms with Crippen molar-refractivity contribution in [3.05, 3.63) is 205 Å². The van der Waals surface area contributed by atoms with Crippen LogP contribution in [0.25, 0.3) is 111 Å². The quantitative estimate of drug-likeness (QED) is 0.162. The summed E-state index contributed by atoms with van der Waals surface area (Å²) in [5.41, 5.74) is 15.9. The van der Waals surface area contributed by atoms with Crippen LogP contribution in [0.4, 0.5) is 0 Å². The maximum absolute atomic E-state index is 9.65. The van der Waals surface area contributed by atoms with Crippen LogP contribution in [0.15, 0.2) is 193 Å². The summed E-state index contributed by atoms with van der Waals surface area (Å²) in [6.07, 6.45) is 5.89. The number of hydrogen-bond donors (Lipinski definition) is 0. The molecule has 0 atom stereocenters. The summed E-state index contributed by atoms with van der Waals surface area (Å²) in [7, 11) is 0. The first-order valence-electron chi connectivity index (χ1n) is 20.2. The number of benzene rings is 8. The van der Waals surface area contributed by atoms with E-state index < -0.39 is 0 Å². The van der Waals surface area contributed by atoms with Gasteiger partial charge in [-0.1, -0.05) is 116 Å². The predicted molar refractivity (Wildman–Crippen MR) is 251 cm³/mol. The minimum atomic E-state index is 0.641. The largest absolute Gasteiger partial charge is 0.455 e. The van der Waals surface area contributed by atoms with Crippen molar-refractivity contribution in [2.45, 2.75) is 6.92 Å². The zero-order valence-corrected chi connectivity index (χ0v) is 32.9. The van der Waals surface area contributed by atoms with Crippen LogP contribution in [-0.2, 0) is 0 Å². The topological polar surface area (TPSA) is 46.8 Å². The van der Waals surface area contributed by atoms with Crippen LogP contribution in [0.2, 0.25) is 0 Å². The molecule has 0 bridgehead atoms. The van der Waals surface area contributed by atoms with Gasteiger partial charge in [0.1, 0.15) is 11.3 Å². The molecule has 4 nitrogen and oxygen atoms in total. The number of nitriles is 1. The molecule has 11 aromatic rings. The van der Waals surface area contributed by atoms with Crippen molar-refractivity contribution >= 4 is 66.7 Å². The first-order valence-corrected chi connectivity index (χ1v) is 20.2. The van der Waals surface area contributed by atoms with E-state index in [9.17, 15) is 5.26 Å². The molecular formula is C56H37N3O. The van der Waals surface area contributed by atoms with Crippen LogP contribution < -0.4 is 0 Å². The third-order valence-electron chi connectivity index (χ3n) is 11.8. The molecule has 4 heteroatoms. The molecule has 0 aliphatic carbocycles. The van der Waals surface area contributed by atoms with Gasteiger partial charge in [-0.2, -0.15) is 5.26 Å². The number of furan rings is 1. The van der Waals surface area contributed by atoms with E-state index in [0.717, 1.165) is 89.1 Å². The lowest BCUT2D eigenvalue weighted by atomic mass is 9.96. The lowest BCUT2D eigenvalue weighted by molar-refractivity contribution is 0.604. The summed E-state index contributed by atoms with van der Waals surface area (Å²) in [4.78, 5) is 0. The molecule has 11 rings (SSSR count). The summed E-state index contributed by atoms with van der Waals surface area (Å²) in [6.45, 7) is 6.10. The second-order valence-corrected chi connectivity index (χ2v) is 15.2. The Morgan fingerprint density at radius 1 is 0.500 bits per heavy atom. The van der Waals surface area contributed by atoms with Crippen molar-refractivity contribution in [3.8, 4) is 50.8 Å². The predicted octanol–water partition coefficient (Wildman–Crippen LogP) is 15.2. The van der Waals surface area contributed by atoms with Crippen LogP contribution in [0.5, 0.6) is 0 Å². The van der Waals surface area contributed by atoms with Crippen LogP contribution in [0, 0.1) is 11.3 Å². The molecule has 3 aromatic heterocycles. The van der Waals surface area contributed by atoms with E-state index in [1.807, 2.05) is 43.4 Å². The van der Waals surface area contributed by atoms with E-state index in [2.05, 4.69) is 180 Å². The normalized spacial score (nSPS) is 11.7. The van der Waals surface area contributed by atoms with E-state index in [0.29, 0.717) is 5.56 Å². The number of rotatable bonds is 7. The lowest BCUT2D eigenvalue weighted by Gasteiger charge is -2.10. The Labute approximate surface area is 347 Å². The standard InChI is InChI=1S/C56H37N3O/c1-3-13-55-44(4-2)47-22-12-21-45(56(47)60-55)41-26-29-54-50(34-41)49-33-40(25-28-53(49)58(54)42-17-6-5-7-18-42)38-16-11-15-37(31-38)39-24-27-52-48(32-39)46-20-8-9-23-51(46)59(52)43-19-10-14-36(30-43)35-57/h3-34H,2H2,1H3/b13-3-. The molecule has 60 heavy (non-hydrogen) atoms. The highest BCUT2D eigenvalue weighted by atomic mass is 16.3. The lowest BCUT2D eigenvalue weighted by Crippen LogP contribution is -1.94. The van der Waals surface area contributed by atoms with Crippen molar-refractivity contribution in [1.29, 1.82) is 5.26 Å². The van der Waals surface area contributed by atoms with E-state index in [-0.39, 0.29) is 0 Å². The van der Waals surface area contributed by atoms with Crippen LogP contribution in [0.3, 0.4) is 0 Å². The maximum atomic E-state index is 9.65. The Hall–Kier alpha value is -8.13. The molecule has 0 fully saturated rings. The number of fused-ring (bicyclic) bond motifs is 7. The number of hydrogen-bond acceptors (Lipinski definition) is 2. The van der Waals surface area contributed by atoms with E-state index in [1.165, 1.54) is 21.5 Å². The van der Waals surface area contributed by atoms with Gasteiger partial charge in [0, 0.05) is 49.4 Å². The van der Waals surface area contributed by atoms with E-state index in [1.54, 1.807) is 0 Å². The highest BCUT2D eigenvalue weighted by molar-refractivity contribution is 6.13. The van der Waals surface area contributed by atoms with Gasteiger partial charge in [-0.25, -0.2) is 0 Å². The van der Waals surface area contributed by atoms with Crippen molar-refractivity contribution in [3.63, 3.8) is 0 Å². The van der Waals surface area contributed by atoms with Gasteiger partial charge in [0.05, 0.1) is 33.7 Å². The van der Waals surface area contributed by atoms with Crippen LogP contribution in [-0.4, -0.2) is 9.13 Å². The molecule has 0 N–H and O–H groups in total.